The molecule has 1 heterocycles. The maximum atomic E-state index is 12.0. The Morgan fingerprint density at radius 2 is 2.08 bits per heavy atom. The van der Waals surface area contributed by atoms with Crippen LogP contribution < -0.4 is 10.6 Å². The fourth-order valence-electron chi connectivity index (χ4n) is 2.74. The molecule has 1 aromatic carbocycles. The van der Waals surface area contributed by atoms with E-state index in [4.69, 9.17) is 0 Å². The first kappa shape index (κ1) is 16.5. The second-order valence-electron chi connectivity index (χ2n) is 6.64. The Morgan fingerprint density at radius 3 is 2.62 bits per heavy atom. The van der Waals surface area contributed by atoms with E-state index in [0.717, 1.165) is 29.9 Å². The van der Waals surface area contributed by atoms with Gasteiger partial charge in [-0.2, -0.15) is 0 Å². The van der Waals surface area contributed by atoms with Crippen LogP contribution in [0.4, 0.5) is 4.79 Å². The molecule has 1 atom stereocenters. The Balaban J connectivity index is 1.56. The maximum absolute atomic E-state index is 12.0. The van der Waals surface area contributed by atoms with Crippen LogP contribution in [0.3, 0.4) is 0 Å². The molecule has 1 aliphatic rings. The number of carbonyl (C=O) groups is 1. The van der Waals surface area contributed by atoms with Crippen molar-refractivity contribution in [3.63, 3.8) is 0 Å². The van der Waals surface area contributed by atoms with E-state index < -0.39 is 0 Å². The molecule has 24 heavy (non-hydrogen) atoms. The molecule has 1 saturated carbocycles. The fraction of sp³-hybridized carbons (Fsp3) is 0.444. The van der Waals surface area contributed by atoms with Crippen LogP contribution in [0, 0.1) is 12.3 Å². The number of rotatable bonds is 6. The van der Waals surface area contributed by atoms with Crippen LogP contribution >= 0.6 is 0 Å². The Hall–Kier alpha value is -2.34. The van der Waals surface area contributed by atoms with Gasteiger partial charge in [-0.1, -0.05) is 12.1 Å². The predicted molar refractivity (Wildman–Crippen MR) is 92.0 cm³/mol. The first-order valence-corrected chi connectivity index (χ1v) is 8.28. The summed E-state index contributed by atoms with van der Waals surface area (Å²) in [5, 5.41) is 15.1. The van der Waals surface area contributed by atoms with Gasteiger partial charge in [0, 0.05) is 30.0 Å². The third kappa shape index (κ3) is 3.59. The van der Waals surface area contributed by atoms with Gasteiger partial charge in [-0.05, 0) is 44.4 Å². The number of amides is 2. The lowest BCUT2D eigenvalue weighted by atomic mass is 10.1. The van der Waals surface area contributed by atoms with E-state index >= 15 is 0 Å². The summed E-state index contributed by atoms with van der Waals surface area (Å²) >= 11 is 0. The number of hydrogen-bond acceptors (Lipinski definition) is 3. The number of aliphatic hydroxyl groups is 1. The standard InChI is InChI=1S/C18H24N4O2/c1-13(21-17(24)20-11-18(12-23)7-8-18)15-3-5-16(6-4-15)22-10-9-19-14(22)2/h3-6,9-10,13,23H,7-8,11-12H2,1-2H3,(H2,20,21,24). The van der Waals surface area contributed by atoms with Crippen LogP contribution in [-0.4, -0.2) is 33.8 Å². The topological polar surface area (TPSA) is 79.2 Å². The second kappa shape index (κ2) is 6.65. The van der Waals surface area contributed by atoms with Crippen LogP contribution in [0.15, 0.2) is 36.7 Å². The third-order valence-electron chi connectivity index (χ3n) is 4.76. The minimum atomic E-state index is -0.197. The summed E-state index contributed by atoms with van der Waals surface area (Å²) in [6.07, 6.45) is 5.66. The lowest BCUT2D eigenvalue weighted by molar-refractivity contribution is 0.202. The normalized spacial score (nSPS) is 16.5. The molecule has 2 amide bonds. The molecule has 1 aliphatic carbocycles. The van der Waals surface area contributed by atoms with Crippen molar-refractivity contribution in [2.24, 2.45) is 5.41 Å². The highest BCUT2D eigenvalue weighted by Crippen LogP contribution is 2.44. The summed E-state index contributed by atoms with van der Waals surface area (Å²) < 4.78 is 2.01. The van der Waals surface area contributed by atoms with Crippen LogP contribution in [-0.2, 0) is 0 Å². The third-order valence-corrected chi connectivity index (χ3v) is 4.76. The van der Waals surface area contributed by atoms with E-state index in [-0.39, 0.29) is 24.1 Å². The number of imidazole rings is 1. The van der Waals surface area contributed by atoms with Crippen molar-refractivity contribution in [3.8, 4) is 5.69 Å². The van der Waals surface area contributed by atoms with E-state index in [1.807, 2.05) is 48.9 Å². The fourth-order valence-corrected chi connectivity index (χ4v) is 2.74. The molecule has 0 saturated heterocycles. The maximum Gasteiger partial charge on any atom is 0.315 e. The van der Waals surface area contributed by atoms with E-state index in [9.17, 15) is 9.90 Å². The van der Waals surface area contributed by atoms with Crippen LogP contribution in [0.25, 0.3) is 5.69 Å². The quantitative estimate of drug-likeness (QED) is 0.761. The molecule has 0 bridgehead atoms. The lowest BCUT2D eigenvalue weighted by Crippen LogP contribution is -2.40. The van der Waals surface area contributed by atoms with Crippen LogP contribution in [0.2, 0.25) is 0 Å². The van der Waals surface area contributed by atoms with Gasteiger partial charge in [-0.3, -0.25) is 0 Å². The molecule has 0 aliphatic heterocycles. The minimum absolute atomic E-state index is 0.0785. The summed E-state index contributed by atoms with van der Waals surface area (Å²) in [5.74, 6) is 0.936. The van der Waals surface area contributed by atoms with Crippen molar-refractivity contribution >= 4 is 6.03 Å². The molecule has 0 spiro atoms. The lowest BCUT2D eigenvalue weighted by Gasteiger charge is -2.18. The molecule has 128 valence electrons. The van der Waals surface area contributed by atoms with Gasteiger partial charge in [0.1, 0.15) is 5.82 Å². The SMILES string of the molecule is Cc1nccn1-c1ccc(C(C)NC(=O)NCC2(CO)CC2)cc1. The summed E-state index contributed by atoms with van der Waals surface area (Å²) in [5.41, 5.74) is 2.00. The molecular formula is C18H24N4O2. The van der Waals surface area contributed by atoms with Crippen molar-refractivity contribution in [2.75, 3.05) is 13.2 Å². The second-order valence-corrected chi connectivity index (χ2v) is 6.64. The van der Waals surface area contributed by atoms with Gasteiger partial charge in [0.15, 0.2) is 0 Å². The molecule has 3 N–H and O–H groups in total. The average Bonchev–Trinajstić information content (AvgIpc) is 3.26. The highest BCUT2D eigenvalue weighted by atomic mass is 16.3. The van der Waals surface area contributed by atoms with Gasteiger partial charge in [-0.15, -0.1) is 0 Å². The van der Waals surface area contributed by atoms with Crippen molar-refractivity contribution in [1.82, 2.24) is 20.2 Å². The van der Waals surface area contributed by atoms with E-state index in [1.54, 1.807) is 6.20 Å². The van der Waals surface area contributed by atoms with Gasteiger partial charge in [-0.25, -0.2) is 9.78 Å². The Kier molecular flexibility index (Phi) is 4.57. The number of aliphatic hydroxyl groups excluding tert-OH is 1. The molecule has 1 aromatic heterocycles. The summed E-state index contributed by atoms with van der Waals surface area (Å²) in [6, 6.07) is 7.77. The van der Waals surface area contributed by atoms with Crippen molar-refractivity contribution in [1.29, 1.82) is 0 Å². The molecule has 6 heteroatoms. The van der Waals surface area contributed by atoms with Gasteiger partial charge >= 0.3 is 6.03 Å². The Labute approximate surface area is 141 Å². The predicted octanol–water partition coefficient (Wildman–Crippen LogP) is 2.31. The zero-order valence-electron chi connectivity index (χ0n) is 14.1. The van der Waals surface area contributed by atoms with Crippen LogP contribution in [0.5, 0.6) is 0 Å². The smallest absolute Gasteiger partial charge is 0.315 e. The van der Waals surface area contributed by atoms with Crippen LogP contribution in [0.1, 0.15) is 37.2 Å². The Morgan fingerprint density at radius 1 is 1.38 bits per heavy atom. The minimum Gasteiger partial charge on any atom is -0.396 e. The number of carbonyl (C=O) groups excluding carboxylic acids is 1. The molecule has 3 rings (SSSR count). The summed E-state index contributed by atoms with van der Waals surface area (Å²) in [4.78, 5) is 16.2. The molecular weight excluding hydrogens is 304 g/mol. The number of aromatic nitrogens is 2. The number of aryl methyl sites for hydroxylation is 1. The largest absolute Gasteiger partial charge is 0.396 e. The van der Waals surface area contributed by atoms with Crippen molar-refractivity contribution in [2.45, 2.75) is 32.7 Å². The monoisotopic (exact) mass is 328 g/mol. The molecule has 1 unspecified atom stereocenters. The van der Waals surface area contributed by atoms with E-state index in [0.29, 0.717) is 6.54 Å². The number of nitrogens with one attached hydrogen (secondary N) is 2. The number of urea groups is 1. The zero-order chi connectivity index (χ0) is 17.2. The van der Waals surface area contributed by atoms with Gasteiger partial charge in [0.05, 0.1) is 12.6 Å². The first-order valence-electron chi connectivity index (χ1n) is 8.28. The molecule has 6 nitrogen and oxygen atoms in total. The van der Waals surface area contributed by atoms with Crippen molar-refractivity contribution in [3.05, 3.63) is 48.0 Å². The number of hydrogen-bond donors (Lipinski definition) is 3. The average molecular weight is 328 g/mol. The van der Waals surface area contributed by atoms with Gasteiger partial charge < -0.3 is 20.3 Å². The zero-order valence-corrected chi connectivity index (χ0v) is 14.1. The van der Waals surface area contributed by atoms with E-state index in [2.05, 4.69) is 15.6 Å². The number of nitrogens with zero attached hydrogens (tertiary/aromatic N) is 2. The highest BCUT2D eigenvalue weighted by Gasteiger charge is 2.42. The number of benzene rings is 1. The summed E-state index contributed by atoms with van der Waals surface area (Å²) in [7, 11) is 0. The van der Waals surface area contributed by atoms with Crippen molar-refractivity contribution < 1.29 is 9.90 Å². The molecule has 1 fully saturated rings. The molecule has 2 aromatic rings. The van der Waals surface area contributed by atoms with Gasteiger partial charge in [0.25, 0.3) is 0 Å². The Bertz CT molecular complexity index is 704. The highest BCUT2D eigenvalue weighted by molar-refractivity contribution is 5.74. The molecule has 0 radical (unpaired) electrons. The van der Waals surface area contributed by atoms with Gasteiger partial charge in [0.2, 0.25) is 0 Å². The first-order chi connectivity index (χ1) is 11.5. The summed E-state index contributed by atoms with van der Waals surface area (Å²) in [6.45, 7) is 4.58. The van der Waals surface area contributed by atoms with E-state index in [1.165, 1.54) is 0 Å².